The van der Waals surface area contributed by atoms with Gasteiger partial charge in [-0.25, -0.2) is 4.98 Å². The number of amides is 1. The minimum Gasteiger partial charge on any atom is -0.493 e. The third-order valence-electron chi connectivity index (χ3n) is 5.10. The van der Waals surface area contributed by atoms with E-state index in [1.54, 1.807) is 32.4 Å². The van der Waals surface area contributed by atoms with Gasteiger partial charge in [0, 0.05) is 22.8 Å². The highest BCUT2D eigenvalue weighted by atomic mass is 32.1. The van der Waals surface area contributed by atoms with E-state index < -0.39 is 0 Å². The van der Waals surface area contributed by atoms with Crippen LogP contribution in [0.15, 0.2) is 24.3 Å². The highest BCUT2D eigenvalue weighted by molar-refractivity contribution is 7.21. The van der Waals surface area contributed by atoms with E-state index in [4.69, 9.17) is 20.2 Å². The Kier molecular flexibility index (Phi) is 5.09. The van der Waals surface area contributed by atoms with Crippen molar-refractivity contribution in [2.45, 2.75) is 32.1 Å². The lowest BCUT2D eigenvalue weighted by atomic mass is 10.1. The molecule has 1 aromatic carbocycles. The molecule has 0 bridgehead atoms. The smallest absolute Gasteiger partial charge is 0.267 e. The number of methoxy groups -OCH3 is 2. The number of ether oxygens (including phenoxy) is 2. The summed E-state index contributed by atoms with van der Waals surface area (Å²) in [4.78, 5) is 19.0. The molecule has 1 aliphatic rings. The molecule has 0 spiro atoms. The van der Waals surface area contributed by atoms with Crippen LogP contribution in [-0.2, 0) is 12.8 Å². The molecule has 0 saturated carbocycles. The number of carbonyl (C=O) groups excluding carboxylic acids is 1. The second-order valence-electron chi connectivity index (χ2n) is 6.88. The van der Waals surface area contributed by atoms with Gasteiger partial charge in [-0.3, -0.25) is 4.79 Å². The fraction of sp³-hybridized carbons (Fsp3) is 0.333. The molecule has 2 aromatic heterocycles. The monoisotopic (exact) mass is 397 g/mol. The van der Waals surface area contributed by atoms with Crippen molar-refractivity contribution in [3.05, 3.63) is 40.4 Å². The summed E-state index contributed by atoms with van der Waals surface area (Å²) in [5, 5.41) is 3.77. The second kappa shape index (κ2) is 7.67. The molecule has 0 aliphatic heterocycles. The molecule has 7 heteroatoms. The number of thiophene rings is 1. The number of nitrogens with zero attached hydrogens (tertiary/aromatic N) is 1. The molecule has 4 rings (SSSR count). The summed E-state index contributed by atoms with van der Waals surface area (Å²) in [6.45, 7) is 0. The van der Waals surface area contributed by atoms with Gasteiger partial charge in [0.2, 0.25) is 0 Å². The van der Waals surface area contributed by atoms with E-state index in [0.29, 0.717) is 27.8 Å². The van der Waals surface area contributed by atoms with E-state index in [9.17, 15) is 4.79 Å². The Labute approximate surface area is 167 Å². The molecule has 3 N–H and O–H groups in total. The van der Waals surface area contributed by atoms with E-state index >= 15 is 0 Å². The van der Waals surface area contributed by atoms with Gasteiger partial charge in [0.25, 0.3) is 5.91 Å². The van der Waals surface area contributed by atoms with Crippen LogP contribution in [0.3, 0.4) is 0 Å². The van der Waals surface area contributed by atoms with Crippen LogP contribution >= 0.6 is 11.3 Å². The summed E-state index contributed by atoms with van der Waals surface area (Å²) >= 11 is 1.34. The Bertz CT molecular complexity index is 1050. The summed E-state index contributed by atoms with van der Waals surface area (Å²) in [6.07, 6.45) is 5.60. The number of hydrogen-bond acceptors (Lipinski definition) is 6. The Morgan fingerprint density at radius 3 is 2.68 bits per heavy atom. The van der Waals surface area contributed by atoms with Gasteiger partial charge in [-0.15, -0.1) is 11.3 Å². The number of anilines is 2. The van der Waals surface area contributed by atoms with Crippen LogP contribution in [0.1, 0.15) is 40.2 Å². The molecule has 0 atom stereocenters. The standard InChI is InChI=1S/C21H23N3O3S/c1-26-16-9-8-13(11-17(16)27-2)23-20(25)19-18(22)14-10-12-6-4-3-5-7-15(12)24-21(14)28-19/h8-11H,3-7,22H2,1-2H3,(H,23,25). The minimum absolute atomic E-state index is 0.247. The zero-order valence-corrected chi connectivity index (χ0v) is 16.8. The molecule has 1 aliphatic carbocycles. The number of aryl methyl sites for hydroxylation is 2. The molecule has 146 valence electrons. The van der Waals surface area contributed by atoms with Crippen molar-refractivity contribution < 1.29 is 14.3 Å². The number of aromatic nitrogens is 1. The molecular weight excluding hydrogens is 374 g/mol. The lowest BCUT2D eigenvalue weighted by molar-refractivity contribution is 0.103. The summed E-state index contributed by atoms with van der Waals surface area (Å²) in [7, 11) is 3.13. The lowest BCUT2D eigenvalue weighted by Crippen LogP contribution is -2.12. The zero-order valence-electron chi connectivity index (χ0n) is 16.0. The average Bonchev–Trinajstić information content (AvgIpc) is 2.88. The fourth-order valence-electron chi connectivity index (χ4n) is 3.61. The number of nitrogen functional groups attached to an aromatic ring is 1. The molecule has 3 aromatic rings. The molecule has 2 heterocycles. The summed E-state index contributed by atoms with van der Waals surface area (Å²) < 4.78 is 10.5. The van der Waals surface area contributed by atoms with E-state index in [2.05, 4.69) is 11.4 Å². The van der Waals surface area contributed by atoms with Crippen molar-refractivity contribution in [1.82, 2.24) is 4.98 Å². The average molecular weight is 398 g/mol. The lowest BCUT2D eigenvalue weighted by Gasteiger charge is -2.10. The first-order valence-corrected chi connectivity index (χ1v) is 10.2. The third kappa shape index (κ3) is 3.38. The fourth-order valence-corrected chi connectivity index (χ4v) is 4.60. The van der Waals surface area contributed by atoms with Crippen molar-refractivity contribution in [3.8, 4) is 11.5 Å². The molecule has 0 saturated heterocycles. The number of pyridine rings is 1. The molecule has 1 amide bonds. The van der Waals surface area contributed by atoms with E-state index in [0.717, 1.165) is 28.8 Å². The van der Waals surface area contributed by atoms with Crippen LogP contribution < -0.4 is 20.5 Å². The van der Waals surface area contributed by atoms with Gasteiger partial charge in [0.15, 0.2) is 11.5 Å². The Hall–Kier alpha value is -2.80. The normalized spacial score (nSPS) is 13.6. The van der Waals surface area contributed by atoms with Crippen LogP contribution in [0, 0.1) is 0 Å². The predicted molar refractivity (Wildman–Crippen MR) is 113 cm³/mol. The van der Waals surface area contributed by atoms with E-state index in [1.165, 1.54) is 36.2 Å². The zero-order chi connectivity index (χ0) is 19.7. The summed E-state index contributed by atoms with van der Waals surface area (Å²) in [6, 6.07) is 7.37. The van der Waals surface area contributed by atoms with Crippen molar-refractivity contribution >= 4 is 38.8 Å². The number of nitrogens with one attached hydrogen (secondary N) is 1. The van der Waals surface area contributed by atoms with Crippen molar-refractivity contribution in [3.63, 3.8) is 0 Å². The maximum absolute atomic E-state index is 12.9. The van der Waals surface area contributed by atoms with Crippen molar-refractivity contribution in [2.75, 3.05) is 25.3 Å². The number of hydrogen-bond donors (Lipinski definition) is 2. The number of carbonyl (C=O) groups is 1. The summed E-state index contributed by atoms with van der Waals surface area (Å²) in [5.74, 6) is 0.908. The van der Waals surface area contributed by atoms with Gasteiger partial charge < -0.3 is 20.5 Å². The first kappa shape index (κ1) is 18.6. The van der Waals surface area contributed by atoms with Crippen LogP contribution in [0.25, 0.3) is 10.2 Å². The number of rotatable bonds is 4. The molecule has 0 fully saturated rings. The molecule has 6 nitrogen and oxygen atoms in total. The third-order valence-corrected chi connectivity index (χ3v) is 6.21. The van der Waals surface area contributed by atoms with Gasteiger partial charge in [-0.05, 0) is 49.4 Å². The maximum Gasteiger partial charge on any atom is 0.267 e. The van der Waals surface area contributed by atoms with Gasteiger partial charge in [-0.1, -0.05) is 6.42 Å². The van der Waals surface area contributed by atoms with Gasteiger partial charge in [0.05, 0.1) is 19.9 Å². The highest BCUT2D eigenvalue weighted by Crippen LogP contribution is 2.36. The van der Waals surface area contributed by atoms with Crippen molar-refractivity contribution in [1.29, 1.82) is 0 Å². The second-order valence-corrected chi connectivity index (χ2v) is 7.88. The van der Waals surface area contributed by atoms with Crippen LogP contribution in [-0.4, -0.2) is 25.1 Å². The topological polar surface area (TPSA) is 86.5 Å². The maximum atomic E-state index is 12.9. The number of benzene rings is 1. The molecular formula is C21H23N3O3S. The highest BCUT2D eigenvalue weighted by Gasteiger charge is 2.20. The predicted octanol–water partition coefficient (Wildman–Crippen LogP) is 4.42. The SMILES string of the molecule is COc1ccc(NC(=O)c2sc3nc4c(cc3c2N)CCCCC4)cc1OC. The Balaban J connectivity index is 1.65. The van der Waals surface area contributed by atoms with Crippen LogP contribution in [0.2, 0.25) is 0 Å². The molecule has 28 heavy (non-hydrogen) atoms. The number of nitrogens with two attached hydrogens (primary N) is 1. The Morgan fingerprint density at radius 2 is 1.89 bits per heavy atom. The van der Waals surface area contributed by atoms with Gasteiger partial charge in [-0.2, -0.15) is 0 Å². The van der Waals surface area contributed by atoms with E-state index in [-0.39, 0.29) is 5.91 Å². The van der Waals surface area contributed by atoms with Crippen molar-refractivity contribution in [2.24, 2.45) is 0 Å². The molecule has 0 unspecified atom stereocenters. The largest absolute Gasteiger partial charge is 0.493 e. The quantitative estimate of drug-likeness (QED) is 0.637. The van der Waals surface area contributed by atoms with Gasteiger partial charge >= 0.3 is 0 Å². The van der Waals surface area contributed by atoms with Gasteiger partial charge in [0.1, 0.15) is 9.71 Å². The number of fused-ring (bicyclic) bond motifs is 2. The molecule has 0 radical (unpaired) electrons. The minimum atomic E-state index is -0.247. The van der Waals surface area contributed by atoms with Crippen LogP contribution in [0.4, 0.5) is 11.4 Å². The van der Waals surface area contributed by atoms with Crippen LogP contribution in [0.5, 0.6) is 11.5 Å². The first-order chi connectivity index (χ1) is 13.6. The summed E-state index contributed by atoms with van der Waals surface area (Å²) in [5.41, 5.74) is 9.86. The Morgan fingerprint density at radius 1 is 1.11 bits per heavy atom. The first-order valence-electron chi connectivity index (χ1n) is 9.35. The van der Waals surface area contributed by atoms with E-state index in [1.807, 2.05) is 0 Å².